The van der Waals surface area contributed by atoms with Gasteiger partial charge >= 0.3 is 0 Å². The number of fused-ring (bicyclic) bond motifs is 10. The van der Waals surface area contributed by atoms with Crippen LogP contribution in [0.25, 0.3) is 105 Å². The molecule has 3 aromatic heterocycles. The molecule has 0 aliphatic heterocycles. The molecule has 0 aliphatic carbocycles. The Hall–Kier alpha value is -6.65. The van der Waals surface area contributed by atoms with Crippen LogP contribution in [-0.4, -0.2) is 9.55 Å². The first-order valence-electron chi connectivity index (χ1n) is 16.5. The summed E-state index contributed by atoms with van der Waals surface area (Å²) < 4.78 is 15.4. The van der Waals surface area contributed by atoms with Crippen molar-refractivity contribution in [2.24, 2.45) is 0 Å². The van der Waals surface area contributed by atoms with Crippen molar-refractivity contribution in [1.82, 2.24) is 9.55 Å². The number of hydrogen-bond acceptors (Lipinski definition) is 3. The number of benzene rings is 8. The van der Waals surface area contributed by atoms with Crippen LogP contribution in [-0.2, 0) is 0 Å². The third-order valence-corrected chi connectivity index (χ3v) is 9.96. The first kappa shape index (κ1) is 26.4. The van der Waals surface area contributed by atoms with E-state index in [9.17, 15) is 0 Å². The zero-order valence-corrected chi connectivity index (χ0v) is 26.2. The van der Waals surface area contributed by atoms with Crippen LogP contribution in [0.2, 0.25) is 0 Å². The van der Waals surface area contributed by atoms with Crippen molar-refractivity contribution in [3.63, 3.8) is 0 Å². The van der Waals surface area contributed by atoms with E-state index in [4.69, 9.17) is 13.8 Å². The van der Waals surface area contributed by atoms with Gasteiger partial charge in [-0.3, -0.25) is 0 Å². The molecule has 11 aromatic rings. The van der Waals surface area contributed by atoms with Crippen molar-refractivity contribution < 1.29 is 8.83 Å². The lowest BCUT2D eigenvalue weighted by atomic mass is 10.0. The van der Waals surface area contributed by atoms with Crippen molar-refractivity contribution in [1.29, 1.82) is 0 Å². The van der Waals surface area contributed by atoms with Gasteiger partial charge in [0.05, 0.1) is 16.4 Å². The SMILES string of the molecule is c1ccc(-c2cc3oc4ccccc4c3c3oc(-c4ccc(-n5c6cc7ccccc7cc6c6cc7ccccc7cc65)cc4)nc23)cc1. The first-order chi connectivity index (χ1) is 24.3. The molecule has 0 amide bonds. The Morgan fingerprint density at radius 3 is 1.71 bits per heavy atom. The Morgan fingerprint density at radius 2 is 1.04 bits per heavy atom. The van der Waals surface area contributed by atoms with Gasteiger partial charge in [0.1, 0.15) is 16.7 Å². The number of nitrogens with zero attached hydrogens (tertiary/aromatic N) is 2. The summed E-state index contributed by atoms with van der Waals surface area (Å²) in [6, 6.07) is 55.6. The molecule has 0 saturated heterocycles. The Labute approximate surface area is 280 Å². The van der Waals surface area contributed by atoms with Gasteiger partial charge in [0, 0.05) is 33.0 Å². The number of aromatic nitrogens is 2. The van der Waals surface area contributed by atoms with Crippen molar-refractivity contribution in [3.05, 3.63) is 158 Å². The average molecular weight is 627 g/mol. The number of hydrogen-bond donors (Lipinski definition) is 0. The molecule has 8 aromatic carbocycles. The lowest BCUT2D eigenvalue weighted by molar-refractivity contribution is 0.622. The highest BCUT2D eigenvalue weighted by molar-refractivity contribution is 6.20. The maximum absolute atomic E-state index is 6.69. The number of oxazole rings is 1. The zero-order valence-electron chi connectivity index (χ0n) is 26.2. The van der Waals surface area contributed by atoms with Crippen LogP contribution in [0, 0.1) is 0 Å². The quantitative estimate of drug-likeness (QED) is 0.196. The Bertz CT molecular complexity index is 3000. The van der Waals surface area contributed by atoms with Gasteiger partial charge < -0.3 is 13.4 Å². The maximum atomic E-state index is 6.69. The second-order valence-corrected chi connectivity index (χ2v) is 12.8. The fourth-order valence-electron chi connectivity index (χ4n) is 7.65. The molecule has 0 unspecified atom stereocenters. The highest BCUT2D eigenvalue weighted by atomic mass is 16.4. The van der Waals surface area contributed by atoms with Gasteiger partial charge in [-0.2, -0.15) is 0 Å². The summed E-state index contributed by atoms with van der Waals surface area (Å²) >= 11 is 0. The topological polar surface area (TPSA) is 44.1 Å². The van der Waals surface area contributed by atoms with Crippen LogP contribution in [0.15, 0.2) is 167 Å². The van der Waals surface area contributed by atoms with Gasteiger partial charge in [-0.1, -0.05) is 97.1 Å². The van der Waals surface area contributed by atoms with E-state index >= 15 is 0 Å². The molecule has 0 radical (unpaired) electrons. The molecule has 49 heavy (non-hydrogen) atoms. The van der Waals surface area contributed by atoms with Crippen LogP contribution >= 0.6 is 0 Å². The molecule has 0 atom stereocenters. The van der Waals surface area contributed by atoms with E-state index in [0.29, 0.717) is 5.89 Å². The molecule has 4 heteroatoms. The van der Waals surface area contributed by atoms with Crippen molar-refractivity contribution in [2.45, 2.75) is 0 Å². The van der Waals surface area contributed by atoms with Gasteiger partial charge in [0.2, 0.25) is 5.89 Å². The molecular formula is C45H26N2O2. The van der Waals surface area contributed by atoms with E-state index in [1.165, 1.54) is 43.4 Å². The number of para-hydroxylation sites is 1. The molecule has 0 aliphatic rings. The molecule has 0 spiro atoms. The minimum absolute atomic E-state index is 0.579. The lowest BCUT2D eigenvalue weighted by Gasteiger charge is -2.09. The zero-order chi connectivity index (χ0) is 32.1. The summed E-state index contributed by atoms with van der Waals surface area (Å²) in [7, 11) is 0. The summed E-state index contributed by atoms with van der Waals surface area (Å²) in [5.41, 5.74) is 9.59. The Kier molecular flexibility index (Phi) is 5.35. The van der Waals surface area contributed by atoms with Crippen LogP contribution in [0.4, 0.5) is 0 Å². The predicted molar refractivity (Wildman–Crippen MR) is 202 cm³/mol. The monoisotopic (exact) mass is 626 g/mol. The molecule has 228 valence electrons. The fraction of sp³-hybridized carbons (Fsp3) is 0. The molecule has 0 N–H and O–H groups in total. The largest absolute Gasteiger partial charge is 0.456 e. The van der Waals surface area contributed by atoms with E-state index in [-0.39, 0.29) is 0 Å². The minimum Gasteiger partial charge on any atom is -0.456 e. The van der Waals surface area contributed by atoms with Crippen LogP contribution in [0.3, 0.4) is 0 Å². The molecule has 11 rings (SSSR count). The Morgan fingerprint density at radius 1 is 0.449 bits per heavy atom. The van der Waals surface area contributed by atoms with Crippen molar-refractivity contribution in [2.75, 3.05) is 0 Å². The Balaban J connectivity index is 1.12. The van der Waals surface area contributed by atoms with Gasteiger partial charge in [-0.15, -0.1) is 0 Å². The average Bonchev–Trinajstić information content (AvgIpc) is 3.85. The van der Waals surface area contributed by atoms with Gasteiger partial charge in [0.25, 0.3) is 0 Å². The van der Waals surface area contributed by atoms with E-state index in [2.05, 4.69) is 126 Å². The molecule has 0 bridgehead atoms. The van der Waals surface area contributed by atoms with E-state index in [1.807, 2.05) is 36.4 Å². The van der Waals surface area contributed by atoms with Crippen LogP contribution < -0.4 is 0 Å². The summed E-state index contributed by atoms with van der Waals surface area (Å²) in [5, 5.41) is 9.38. The molecule has 0 fully saturated rings. The predicted octanol–water partition coefficient (Wildman–Crippen LogP) is 12.5. The normalized spacial score (nSPS) is 12.1. The summed E-state index contributed by atoms with van der Waals surface area (Å²) in [6.45, 7) is 0. The van der Waals surface area contributed by atoms with E-state index in [1.54, 1.807) is 0 Å². The third-order valence-electron chi connectivity index (χ3n) is 9.96. The van der Waals surface area contributed by atoms with Crippen molar-refractivity contribution in [3.8, 4) is 28.3 Å². The fourth-order valence-corrected chi connectivity index (χ4v) is 7.65. The lowest BCUT2D eigenvalue weighted by Crippen LogP contribution is -1.94. The summed E-state index contributed by atoms with van der Waals surface area (Å²) in [6.07, 6.45) is 0. The molecular weight excluding hydrogens is 601 g/mol. The summed E-state index contributed by atoms with van der Waals surface area (Å²) in [4.78, 5) is 5.14. The van der Waals surface area contributed by atoms with Gasteiger partial charge in [0.15, 0.2) is 5.58 Å². The van der Waals surface area contributed by atoms with E-state index in [0.717, 1.165) is 55.4 Å². The van der Waals surface area contributed by atoms with Gasteiger partial charge in [-0.05, 0) is 87.8 Å². The van der Waals surface area contributed by atoms with E-state index < -0.39 is 0 Å². The highest BCUT2D eigenvalue weighted by Crippen LogP contribution is 2.42. The van der Waals surface area contributed by atoms with Crippen LogP contribution in [0.5, 0.6) is 0 Å². The summed E-state index contributed by atoms with van der Waals surface area (Å²) in [5.74, 6) is 0.579. The standard InChI is InChI=1S/C45H26N2O2/c1-2-10-27(11-3-1)35-26-41-42(34-16-8-9-17-40(34)48-41)44-43(35)46-45(49-44)28-18-20-33(21-19-28)47-38-24-31-14-6-4-12-29(31)22-36(38)37-23-30-13-5-7-15-32(30)25-39(37)47/h1-26H. The van der Waals surface area contributed by atoms with Crippen LogP contribution in [0.1, 0.15) is 0 Å². The number of rotatable bonds is 3. The molecule has 4 nitrogen and oxygen atoms in total. The minimum atomic E-state index is 0.579. The first-order valence-corrected chi connectivity index (χ1v) is 16.5. The smallest absolute Gasteiger partial charge is 0.227 e. The van der Waals surface area contributed by atoms with Crippen molar-refractivity contribution >= 4 is 76.4 Å². The van der Waals surface area contributed by atoms with Gasteiger partial charge in [-0.25, -0.2) is 4.98 Å². The second kappa shape index (κ2) is 9.93. The number of furan rings is 1. The highest BCUT2D eigenvalue weighted by Gasteiger charge is 2.21. The molecule has 3 heterocycles. The maximum Gasteiger partial charge on any atom is 0.227 e. The third kappa shape index (κ3) is 3.89. The second-order valence-electron chi connectivity index (χ2n) is 12.8. The molecule has 0 saturated carbocycles.